The van der Waals surface area contributed by atoms with Gasteiger partial charge in [-0.2, -0.15) is 0 Å². The van der Waals surface area contributed by atoms with Gasteiger partial charge in [0.2, 0.25) is 0 Å². The van der Waals surface area contributed by atoms with E-state index in [9.17, 15) is 9.59 Å². The molecule has 0 amide bonds. The smallest absolute Gasteiger partial charge is 0.196 e. The van der Waals surface area contributed by atoms with Crippen LogP contribution in [0.2, 0.25) is 0 Å². The first kappa shape index (κ1) is 13.2. The van der Waals surface area contributed by atoms with E-state index >= 15 is 0 Å². The Bertz CT molecular complexity index is 1030. The molecule has 24 heavy (non-hydrogen) atoms. The van der Waals surface area contributed by atoms with Gasteiger partial charge in [-0.05, 0) is 24.3 Å². The van der Waals surface area contributed by atoms with Gasteiger partial charge < -0.3 is 4.74 Å². The monoisotopic (exact) mass is 313 g/mol. The minimum Gasteiger partial charge on any atom is -0.478 e. The van der Waals surface area contributed by atoms with Crippen LogP contribution >= 0.6 is 0 Å². The molecule has 0 fully saturated rings. The van der Waals surface area contributed by atoms with E-state index in [-0.39, 0.29) is 17.7 Å². The lowest BCUT2D eigenvalue weighted by molar-refractivity contribution is 0.0979. The third-order valence-corrected chi connectivity index (χ3v) is 4.48. The van der Waals surface area contributed by atoms with E-state index in [4.69, 9.17) is 4.74 Å². The Morgan fingerprint density at radius 3 is 2.50 bits per heavy atom. The Morgan fingerprint density at radius 1 is 0.875 bits per heavy atom. The maximum absolute atomic E-state index is 13.0. The molecule has 0 radical (unpaired) electrons. The standard InChI is InChI=1S/C20H11NO3/c22-19-11-5-1-2-6-12(11)20(23)17-13(19)9-10-16-18(17)21-14-7-3-4-8-15(14)24-16/h1-10,15H. The van der Waals surface area contributed by atoms with Crippen LogP contribution in [-0.4, -0.2) is 23.4 Å². The second-order valence-corrected chi connectivity index (χ2v) is 5.86. The van der Waals surface area contributed by atoms with Crippen LogP contribution < -0.4 is 4.74 Å². The highest BCUT2D eigenvalue weighted by molar-refractivity contribution is 6.30. The number of allylic oxidation sites excluding steroid dienone is 2. The maximum Gasteiger partial charge on any atom is 0.196 e. The lowest BCUT2D eigenvalue weighted by Crippen LogP contribution is -2.29. The molecule has 4 nitrogen and oxygen atoms in total. The molecule has 2 aliphatic carbocycles. The molecule has 0 aromatic heterocycles. The second kappa shape index (κ2) is 4.61. The van der Waals surface area contributed by atoms with Crippen molar-refractivity contribution in [3.8, 4) is 5.75 Å². The largest absolute Gasteiger partial charge is 0.478 e. The predicted molar refractivity (Wildman–Crippen MR) is 89.5 cm³/mol. The Hall–Kier alpha value is -3.27. The quantitative estimate of drug-likeness (QED) is 0.639. The molecular weight excluding hydrogens is 302 g/mol. The zero-order valence-electron chi connectivity index (χ0n) is 12.5. The molecule has 1 unspecified atom stereocenters. The fraction of sp³-hybridized carbons (Fsp3) is 0.0500. The zero-order chi connectivity index (χ0) is 16.3. The Balaban J connectivity index is 1.78. The van der Waals surface area contributed by atoms with Crippen molar-refractivity contribution < 1.29 is 14.3 Å². The fourth-order valence-electron chi connectivity index (χ4n) is 3.34. The number of aliphatic imine (C=N–C) groups is 1. The van der Waals surface area contributed by atoms with Gasteiger partial charge in [0.05, 0.1) is 11.3 Å². The molecule has 0 N–H and O–H groups in total. The summed E-state index contributed by atoms with van der Waals surface area (Å²) in [6.07, 6.45) is 7.29. The molecule has 1 atom stereocenters. The lowest BCUT2D eigenvalue weighted by Gasteiger charge is -2.27. The average Bonchev–Trinajstić information content (AvgIpc) is 2.63. The molecule has 5 rings (SSSR count). The van der Waals surface area contributed by atoms with E-state index < -0.39 is 0 Å². The molecule has 4 heteroatoms. The minimum atomic E-state index is -0.248. The van der Waals surface area contributed by atoms with E-state index in [2.05, 4.69) is 4.99 Å². The van der Waals surface area contributed by atoms with Gasteiger partial charge in [-0.1, -0.05) is 36.4 Å². The molecular formula is C20H11NO3. The molecule has 2 aromatic carbocycles. The zero-order valence-corrected chi connectivity index (χ0v) is 12.5. The summed E-state index contributed by atoms with van der Waals surface area (Å²) in [7, 11) is 0. The summed E-state index contributed by atoms with van der Waals surface area (Å²) in [5, 5.41) is 0. The van der Waals surface area contributed by atoms with E-state index in [1.165, 1.54) is 0 Å². The highest BCUT2D eigenvalue weighted by Gasteiger charge is 2.35. The van der Waals surface area contributed by atoms with Gasteiger partial charge in [0.15, 0.2) is 17.7 Å². The summed E-state index contributed by atoms with van der Waals surface area (Å²) in [4.78, 5) is 30.4. The Kier molecular flexibility index (Phi) is 2.54. The highest BCUT2D eigenvalue weighted by atomic mass is 16.5. The first-order valence-electron chi connectivity index (χ1n) is 7.69. The molecule has 0 bridgehead atoms. The van der Waals surface area contributed by atoms with Crippen molar-refractivity contribution in [1.29, 1.82) is 0 Å². The predicted octanol–water partition coefficient (Wildman–Crippen LogP) is 3.42. The second-order valence-electron chi connectivity index (χ2n) is 5.86. The number of hydrogen-bond acceptors (Lipinski definition) is 4. The van der Waals surface area contributed by atoms with E-state index in [0.29, 0.717) is 33.7 Å². The molecule has 114 valence electrons. The molecule has 0 saturated heterocycles. The number of carbonyl (C=O) groups excluding carboxylic acids is 2. The van der Waals surface area contributed by atoms with Crippen LogP contribution in [0.4, 0.5) is 5.69 Å². The number of benzene rings is 2. The highest BCUT2D eigenvalue weighted by Crippen LogP contribution is 2.42. The van der Waals surface area contributed by atoms with Crippen LogP contribution in [0.1, 0.15) is 31.8 Å². The normalized spacial score (nSPS) is 19.7. The third-order valence-electron chi connectivity index (χ3n) is 4.48. The van der Waals surface area contributed by atoms with Gasteiger partial charge in [0.25, 0.3) is 0 Å². The van der Waals surface area contributed by atoms with Crippen LogP contribution in [0.5, 0.6) is 5.75 Å². The third kappa shape index (κ3) is 1.65. The number of fused-ring (bicyclic) bond motifs is 5. The summed E-state index contributed by atoms with van der Waals surface area (Å²) in [5.74, 6) is 0.200. The van der Waals surface area contributed by atoms with Gasteiger partial charge in [0, 0.05) is 16.7 Å². The van der Waals surface area contributed by atoms with Crippen molar-refractivity contribution in [1.82, 2.24) is 0 Å². The van der Waals surface area contributed by atoms with Crippen molar-refractivity contribution in [2.75, 3.05) is 0 Å². The topological polar surface area (TPSA) is 55.7 Å². The summed E-state index contributed by atoms with van der Waals surface area (Å²) in [6, 6.07) is 10.3. The van der Waals surface area contributed by atoms with Crippen LogP contribution in [0, 0.1) is 0 Å². The van der Waals surface area contributed by atoms with Gasteiger partial charge in [0.1, 0.15) is 11.4 Å². The van der Waals surface area contributed by atoms with Gasteiger partial charge in [-0.3, -0.25) is 9.59 Å². The molecule has 1 aliphatic heterocycles. The van der Waals surface area contributed by atoms with Crippen molar-refractivity contribution in [3.63, 3.8) is 0 Å². The number of nitrogens with zero attached hydrogens (tertiary/aromatic N) is 1. The maximum atomic E-state index is 13.0. The van der Waals surface area contributed by atoms with Crippen molar-refractivity contribution in [2.24, 2.45) is 4.99 Å². The molecule has 3 aliphatic rings. The van der Waals surface area contributed by atoms with Gasteiger partial charge in [-0.15, -0.1) is 0 Å². The number of carbonyl (C=O) groups is 2. The van der Waals surface area contributed by atoms with Crippen LogP contribution in [-0.2, 0) is 0 Å². The number of ether oxygens (including phenoxy) is 1. The molecule has 2 aromatic rings. The summed E-state index contributed by atoms with van der Waals surface area (Å²) < 4.78 is 5.94. The number of ketones is 2. The fourth-order valence-corrected chi connectivity index (χ4v) is 3.34. The molecule has 1 heterocycles. The van der Waals surface area contributed by atoms with Crippen LogP contribution in [0.15, 0.2) is 65.7 Å². The van der Waals surface area contributed by atoms with Crippen molar-refractivity contribution in [2.45, 2.75) is 6.10 Å². The Labute approximate surface area is 137 Å². The van der Waals surface area contributed by atoms with Gasteiger partial charge in [-0.25, -0.2) is 4.99 Å². The Morgan fingerprint density at radius 2 is 1.67 bits per heavy atom. The van der Waals surface area contributed by atoms with Crippen LogP contribution in [0.3, 0.4) is 0 Å². The summed E-state index contributed by atoms with van der Waals surface area (Å²) >= 11 is 0. The van der Waals surface area contributed by atoms with Crippen molar-refractivity contribution in [3.05, 3.63) is 83.0 Å². The SMILES string of the molecule is O=C1c2ccccc2C(=O)c2c1ccc1c2N=C2C=CC=CC2O1. The number of hydrogen-bond donors (Lipinski definition) is 0. The van der Waals surface area contributed by atoms with E-state index in [0.717, 1.165) is 5.71 Å². The van der Waals surface area contributed by atoms with E-state index in [1.54, 1.807) is 36.4 Å². The molecule has 0 saturated carbocycles. The first-order chi connectivity index (χ1) is 11.7. The van der Waals surface area contributed by atoms with Crippen molar-refractivity contribution >= 4 is 23.0 Å². The van der Waals surface area contributed by atoms with E-state index in [1.807, 2.05) is 24.3 Å². The van der Waals surface area contributed by atoms with Gasteiger partial charge >= 0.3 is 0 Å². The molecule has 0 spiro atoms. The first-order valence-corrected chi connectivity index (χ1v) is 7.69. The number of rotatable bonds is 0. The summed E-state index contributed by atoms with van der Waals surface area (Å²) in [6.45, 7) is 0. The summed E-state index contributed by atoms with van der Waals surface area (Å²) in [5.41, 5.74) is 2.77. The van der Waals surface area contributed by atoms with Crippen LogP contribution in [0.25, 0.3) is 0 Å². The lowest BCUT2D eigenvalue weighted by atomic mass is 9.83. The average molecular weight is 313 g/mol. The minimum absolute atomic E-state index is 0.149.